The van der Waals surface area contributed by atoms with Crippen LogP contribution in [0.1, 0.15) is 42.5 Å². The summed E-state index contributed by atoms with van der Waals surface area (Å²) in [5.41, 5.74) is 3.08. The molecule has 20 heavy (non-hydrogen) atoms. The molecule has 2 aromatic rings. The van der Waals surface area contributed by atoms with Crippen molar-refractivity contribution < 1.29 is 9.26 Å². The highest BCUT2D eigenvalue weighted by Gasteiger charge is 2.13. The van der Waals surface area contributed by atoms with Gasteiger partial charge in [0, 0.05) is 11.6 Å². The minimum absolute atomic E-state index is 0.265. The molecule has 4 nitrogen and oxygen atoms in total. The number of rotatable bonds is 6. The number of nitrogens with zero attached hydrogens (tertiary/aromatic N) is 1. The molecule has 0 fully saturated rings. The van der Waals surface area contributed by atoms with Crippen molar-refractivity contribution in [3.05, 3.63) is 46.8 Å². The van der Waals surface area contributed by atoms with Gasteiger partial charge in [-0.15, -0.1) is 0 Å². The highest BCUT2D eigenvalue weighted by molar-refractivity contribution is 5.36. The maximum absolute atomic E-state index is 5.97. The van der Waals surface area contributed by atoms with E-state index in [9.17, 15) is 0 Å². The van der Waals surface area contributed by atoms with Gasteiger partial charge in [0.25, 0.3) is 0 Å². The smallest absolute Gasteiger partial charge is 0.140 e. The number of benzene rings is 1. The molecule has 1 atom stereocenters. The van der Waals surface area contributed by atoms with Gasteiger partial charge in [-0.05, 0) is 33.4 Å². The lowest BCUT2D eigenvalue weighted by molar-refractivity contribution is 0.296. The van der Waals surface area contributed by atoms with Gasteiger partial charge in [0.2, 0.25) is 0 Å². The predicted molar refractivity (Wildman–Crippen MR) is 78.8 cm³/mol. The van der Waals surface area contributed by atoms with Crippen molar-refractivity contribution in [2.45, 2.75) is 40.3 Å². The second-order valence-corrected chi connectivity index (χ2v) is 4.91. The number of para-hydroxylation sites is 1. The quantitative estimate of drug-likeness (QED) is 0.875. The summed E-state index contributed by atoms with van der Waals surface area (Å²) < 4.78 is 11.1. The van der Waals surface area contributed by atoms with Crippen molar-refractivity contribution in [2.75, 3.05) is 6.54 Å². The number of nitrogens with one attached hydrogen (secondary N) is 1. The molecule has 108 valence electrons. The first kappa shape index (κ1) is 14.6. The van der Waals surface area contributed by atoms with Crippen LogP contribution in [-0.4, -0.2) is 11.7 Å². The topological polar surface area (TPSA) is 47.3 Å². The fourth-order valence-corrected chi connectivity index (χ4v) is 2.24. The Labute approximate surface area is 120 Å². The number of hydrogen-bond donors (Lipinski definition) is 1. The van der Waals surface area contributed by atoms with Crippen molar-refractivity contribution in [2.24, 2.45) is 0 Å². The Balaban J connectivity index is 2.13. The summed E-state index contributed by atoms with van der Waals surface area (Å²) in [4.78, 5) is 0. The molecule has 0 aliphatic rings. The van der Waals surface area contributed by atoms with E-state index in [1.54, 1.807) is 0 Å². The lowest BCUT2D eigenvalue weighted by atomic mass is 10.1. The minimum atomic E-state index is 0.265. The molecule has 0 radical (unpaired) electrons. The Morgan fingerprint density at radius 2 is 2.05 bits per heavy atom. The molecule has 0 bridgehead atoms. The van der Waals surface area contributed by atoms with Crippen LogP contribution in [0.15, 0.2) is 28.8 Å². The van der Waals surface area contributed by atoms with E-state index in [0.29, 0.717) is 6.61 Å². The van der Waals surface area contributed by atoms with Crippen LogP contribution in [0.4, 0.5) is 0 Å². The van der Waals surface area contributed by atoms with Gasteiger partial charge in [-0.1, -0.05) is 30.3 Å². The lowest BCUT2D eigenvalue weighted by Crippen LogP contribution is -2.18. The Morgan fingerprint density at radius 1 is 1.30 bits per heavy atom. The van der Waals surface area contributed by atoms with Crippen LogP contribution in [0, 0.1) is 13.8 Å². The molecular formula is C16H22N2O2. The zero-order valence-electron chi connectivity index (χ0n) is 12.6. The average molecular weight is 274 g/mol. The van der Waals surface area contributed by atoms with Gasteiger partial charge in [-0.2, -0.15) is 0 Å². The zero-order chi connectivity index (χ0) is 14.5. The van der Waals surface area contributed by atoms with E-state index in [1.165, 1.54) is 5.56 Å². The zero-order valence-corrected chi connectivity index (χ0v) is 12.6. The molecule has 1 heterocycles. The van der Waals surface area contributed by atoms with E-state index in [4.69, 9.17) is 9.26 Å². The Kier molecular flexibility index (Phi) is 4.79. The largest absolute Gasteiger partial charge is 0.488 e. The van der Waals surface area contributed by atoms with Crippen molar-refractivity contribution in [1.82, 2.24) is 10.5 Å². The fourth-order valence-electron chi connectivity index (χ4n) is 2.24. The lowest BCUT2D eigenvalue weighted by Gasteiger charge is -2.17. The first-order valence-corrected chi connectivity index (χ1v) is 7.00. The van der Waals surface area contributed by atoms with Crippen LogP contribution in [0.3, 0.4) is 0 Å². The van der Waals surface area contributed by atoms with E-state index in [2.05, 4.69) is 30.4 Å². The summed E-state index contributed by atoms with van der Waals surface area (Å²) in [5.74, 6) is 1.72. The second kappa shape index (κ2) is 6.57. The van der Waals surface area contributed by atoms with Crippen LogP contribution in [-0.2, 0) is 6.61 Å². The third kappa shape index (κ3) is 3.20. The number of ether oxygens (including phenoxy) is 1. The summed E-state index contributed by atoms with van der Waals surface area (Å²) in [6, 6.07) is 8.38. The van der Waals surface area contributed by atoms with Crippen molar-refractivity contribution in [3.8, 4) is 5.75 Å². The third-order valence-corrected chi connectivity index (χ3v) is 3.45. The maximum Gasteiger partial charge on any atom is 0.140 e. The summed E-state index contributed by atoms with van der Waals surface area (Å²) in [5, 5.41) is 7.36. The van der Waals surface area contributed by atoms with Gasteiger partial charge < -0.3 is 14.6 Å². The Hall–Kier alpha value is -1.81. The fraction of sp³-hybridized carbons (Fsp3) is 0.438. The molecule has 1 aromatic heterocycles. The standard InChI is InChI=1S/C16H22N2O2/c1-5-17-11(2)14-8-6-7-9-16(14)19-10-15-12(3)18-20-13(15)4/h6-9,11,17H,5,10H2,1-4H3. The monoisotopic (exact) mass is 274 g/mol. The molecule has 0 saturated heterocycles. The van der Waals surface area contributed by atoms with Gasteiger partial charge in [0.1, 0.15) is 18.1 Å². The SMILES string of the molecule is CCNC(C)c1ccccc1OCc1c(C)noc1C. The molecule has 1 aromatic carbocycles. The molecule has 1 unspecified atom stereocenters. The second-order valence-electron chi connectivity index (χ2n) is 4.91. The normalized spacial score (nSPS) is 12.4. The molecule has 0 aliphatic heterocycles. The van der Waals surface area contributed by atoms with E-state index in [-0.39, 0.29) is 6.04 Å². The summed E-state index contributed by atoms with van der Waals surface area (Å²) >= 11 is 0. The first-order valence-electron chi connectivity index (χ1n) is 7.00. The highest BCUT2D eigenvalue weighted by Crippen LogP contribution is 2.26. The molecule has 0 amide bonds. The highest BCUT2D eigenvalue weighted by atomic mass is 16.5. The molecule has 0 aliphatic carbocycles. The molecule has 4 heteroatoms. The van der Waals surface area contributed by atoms with Crippen LogP contribution in [0.25, 0.3) is 0 Å². The maximum atomic E-state index is 5.97. The summed E-state index contributed by atoms with van der Waals surface area (Å²) in [6.07, 6.45) is 0. The number of aromatic nitrogens is 1. The van der Waals surface area contributed by atoms with E-state index in [0.717, 1.165) is 29.3 Å². The third-order valence-electron chi connectivity index (χ3n) is 3.45. The van der Waals surface area contributed by atoms with Crippen LogP contribution in [0.2, 0.25) is 0 Å². The summed E-state index contributed by atoms with van der Waals surface area (Å²) in [7, 11) is 0. The molecule has 2 rings (SSSR count). The Bertz CT molecular complexity index is 544. The van der Waals surface area contributed by atoms with Gasteiger partial charge in [-0.25, -0.2) is 0 Å². The van der Waals surface area contributed by atoms with Crippen molar-refractivity contribution in [3.63, 3.8) is 0 Å². The van der Waals surface area contributed by atoms with Gasteiger partial charge in [0.15, 0.2) is 0 Å². The van der Waals surface area contributed by atoms with E-state index >= 15 is 0 Å². The molecule has 0 saturated carbocycles. The van der Waals surface area contributed by atoms with Crippen LogP contribution >= 0.6 is 0 Å². The predicted octanol–water partition coefficient (Wildman–Crippen LogP) is 3.54. The van der Waals surface area contributed by atoms with Gasteiger partial charge in [0.05, 0.1) is 11.3 Å². The molecule has 1 N–H and O–H groups in total. The van der Waals surface area contributed by atoms with Crippen LogP contribution < -0.4 is 10.1 Å². The molecular weight excluding hydrogens is 252 g/mol. The van der Waals surface area contributed by atoms with Gasteiger partial charge in [-0.3, -0.25) is 0 Å². The van der Waals surface area contributed by atoms with Crippen molar-refractivity contribution >= 4 is 0 Å². The van der Waals surface area contributed by atoms with E-state index < -0.39 is 0 Å². The number of hydrogen-bond acceptors (Lipinski definition) is 4. The number of aryl methyl sites for hydroxylation is 2. The summed E-state index contributed by atoms with van der Waals surface area (Å²) in [6.45, 7) is 9.50. The average Bonchev–Trinajstić information content (AvgIpc) is 2.76. The minimum Gasteiger partial charge on any atom is -0.488 e. The molecule has 0 spiro atoms. The van der Waals surface area contributed by atoms with E-state index in [1.807, 2.05) is 32.0 Å². The Morgan fingerprint density at radius 3 is 2.70 bits per heavy atom. The van der Waals surface area contributed by atoms with Crippen molar-refractivity contribution in [1.29, 1.82) is 0 Å². The first-order chi connectivity index (χ1) is 9.63. The van der Waals surface area contributed by atoms with Crippen LogP contribution in [0.5, 0.6) is 5.75 Å². The van der Waals surface area contributed by atoms with Gasteiger partial charge >= 0.3 is 0 Å².